The number of aromatic nitrogens is 2. The molecule has 0 spiro atoms. The van der Waals surface area contributed by atoms with Crippen molar-refractivity contribution in [3.63, 3.8) is 0 Å². The molecule has 0 atom stereocenters. The van der Waals surface area contributed by atoms with Crippen molar-refractivity contribution in [2.75, 3.05) is 13.1 Å². The van der Waals surface area contributed by atoms with Gasteiger partial charge in [0, 0.05) is 37.8 Å². The Morgan fingerprint density at radius 2 is 2.08 bits per heavy atom. The molecule has 126 valence electrons. The Kier molecular flexibility index (Phi) is 4.40. The molecule has 0 saturated heterocycles. The summed E-state index contributed by atoms with van der Waals surface area (Å²) in [4.78, 5) is 16.2. The van der Waals surface area contributed by atoms with Crippen LogP contribution in [0.25, 0.3) is 0 Å². The van der Waals surface area contributed by atoms with Crippen LogP contribution in [0.3, 0.4) is 0 Å². The molecule has 0 amide bonds. The van der Waals surface area contributed by atoms with Gasteiger partial charge in [-0.25, -0.2) is 9.97 Å². The van der Waals surface area contributed by atoms with Gasteiger partial charge in [-0.1, -0.05) is 0 Å². The minimum atomic E-state index is -0.0522. The maximum Gasteiger partial charge on any atom is 0.173 e. The van der Waals surface area contributed by atoms with Gasteiger partial charge in [0.05, 0.1) is 18.0 Å². The van der Waals surface area contributed by atoms with Crippen LogP contribution >= 0.6 is 0 Å². The van der Waals surface area contributed by atoms with Gasteiger partial charge >= 0.3 is 0 Å². The molecule has 4 rings (SSSR count). The zero-order valence-electron chi connectivity index (χ0n) is 13.7. The number of hydrogen-bond acceptors (Lipinski definition) is 6. The molecule has 0 bridgehead atoms. The zero-order valence-corrected chi connectivity index (χ0v) is 13.7. The normalized spacial score (nSPS) is 18.3. The molecule has 6 heteroatoms. The molecule has 0 fully saturated rings. The van der Waals surface area contributed by atoms with Crippen molar-refractivity contribution in [3.05, 3.63) is 46.9 Å². The lowest BCUT2D eigenvalue weighted by molar-refractivity contribution is 0.207. The minimum Gasteiger partial charge on any atom is -0.462 e. The molecule has 4 heterocycles. The molecule has 24 heavy (non-hydrogen) atoms. The summed E-state index contributed by atoms with van der Waals surface area (Å²) in [5.41, 5.74) is 3.41. The van der Waals surface area contributed by atoms with Crippen LogP contribution in [-0.4, -0.2) is 38.8 Å². The summed E-state index contributed by atoms with van der Waals surface area (Å²) >= 11 is 0. The first-order valence-electron chi connectivity index (χ1n) is 8.61. The van der Waals surface area contributed by atoms with Crippen LogP contribution in [0.2, 0.25) is 0 Å². The summed E-state index contributed by atoms with van der Waals surface area (Å²) in [7, 11) is 0. The average molecular weight is 326 g/mol. The van der Waals surface area contributed by atoms with E-state index in [1.165, 1.54) is 18.4 Å². The molecule has 2 aliphatic heterocycles. The Hall–Kier alpha value is -2.05. The lowest BCUT2D eigenvalue weighted by Crippen LogP contribution is -2.31. The van der Waals surface area contributed by atoms with Gasteiger partial charge in [0.25, 0.3) is 0 Å². The van der Waals surface area contributed by atoms with E-state index in [2.05, 4.69) is 14.9 Å². The molecule has 0 radical (unpaired) electrons. The van der Waals surface area contributed by atoms with E-state index in [0.717, 1.165) is 62.0 Å². The minimum absolute atomic E-state index is 0.0522. The molecular formula is C18H22N4O2. The second kappa shape index (κ2) is 6.83. The first kappa shape index (κ1) is 15.5. The third kappa shape index (κ3) is 3.25. The predicted octanol–water partition coefficient (Wildman–Crippen LogP) is 2.09. The maximum atomic E-state index is 9.09. The molecule has 0 unspecified atom stereocenters. The average Bonchev–Trinajstić information content (AvgIpc) is 3.09. The number of nitrogens with zero attached hydrogens (tertiary/aromatic N) is 4. The predicted molar refractivity (Wildman–Crippen MR) is 89.7 cm³/mol. The van der Waals surface area contributed by atoms with Gasteiger partial charge in [-0.3, -0.25) is 9.89 Å². The first-order chi connectivity index (χ1) is 11.8. The van der Waals surface area contributed by atoms with E-state index in [4.69, 9.17) is 14.5 Å². The summed E-state index contributed by atoms with van der Waals surface area (Å²) in [5.74, 6) is 2.32. The highest BCUT2D eigenvalue weighted by molar-refractivity contribution is 5.97. The summed E-state index contributed by atoms with van der Waals surface area (Å²) in [6, 6.07) is 3.76. The fourth-order valence-electron chi connectivity index (χ4n) is 3.34. The second-order valence-corrected chi connectivity index (χ2v) is 6.44. The Labute approximate surface area is 141 Å². The smallest absolute Gasteiger partial charge is 0.173 e. The third-order valence-electron chi connectivity index (χ3n) is 4.65. The van der Waals surface area contributed by atoms with Crippen molar-refractivity contribution in [2.24, 2.45) is 4.99 Å². The molecule has 0 aliphatic carbocycles. The summed E-state index contributed by atoms with van der Waals surface area (Å²) in [6.07, 6.45) is 6.24. The fraction of sp³-hybridized carbons (Fsp3) is 0.500. The molecule has 2 aliphatic rings. The molecule has 0 saturated carbocycles. The van der Waals surface area contributed by atoms with Crippen LogP contribution < -0.4 is 0 Å². The Morgan fingerprint density at radius 1 is 1.17 bits per heavy atom. The number of aliphatic hydroxyl groups excluding tert-OH is 1. The number of fused-ring (bicyclic) bond motifs is 1. The van der Waals surface area contributed by atoms with Gasteiger partial charge in [-0.05, 0) is 31.4 Å². The highest BCUT2D eigenvalue weighted by atomic mass is 16.4. The van der Waals surface area contributed by atoms with Gasteiger partial charge in [0.1, 0.15) is 18.1 Å². The number of aliphatic hydroxyl groups is 1. The molecule has 6 nitrogen and oxygen atoms in total. The summed E-state index contributed by atoms with van der Waals surface area (Å²) < 4.78 is 5.58. The zero-order chi connectivity index (χ0) is 16.4. The molecular weight excluding hydrogens is 304 g/mol. The molecule has 2 aromatic rings. The van der Waals surface area contributed by atoms with Crippen LogP contribution in [0.15, 0.2) is 27.7 Å². The highest BCUT2D eigenvalue weighted by Gasteiger charge is 2.21. The SMILES string of the molecule is OCc1ccc(CN2CCc3nc(C4=NCCCC4)ncc3C2)o1. The Bertz CT molecular complexity index is 753. The van der Waals surface area contributed by atoms with Crippen LogP contribution in [0.1, 0.15) is 47.9 Å². The van der Waals surface area contributed by atoms with Gasteiger partial charge in [0.15, 0.2) is 5.82 Å². The topological polar surface area (TPSA) is 74.8 Å². The summed E-state index contributed by atoms with van der Waals surface area (Å²) in [5, 5.41) is 9.09. The van der Waals surface area contributed by atoms with E-state index >= 15 is 0 Å². The van der Waals surface area contributed by atoms with E-state index in [1.54, 1.807) is 0 Å². The van der Waals surface area contributed by atoms with E-state index < -0.39 is 0 Å². The highest BCUT2D eigenvalue weighted by Crippen LogP contribution is 2.20. The number of hydrogen-bond donors (Lipinski definition) is 1. The van der Waals surface area contributed by atoms with E-state index in [0.29, 0.717) is 5.76 Å². The molecule has 2 aromatic heterocycles. The maximum absolute atomic E-state index is 9.09. The Morgan fingerprint density at radius 3 is 2.88 bits per heavy atom. The largest absolute Gasteiger partial charge is 0.462 e. The lowest BCUT2D eigenvalue weighted by Gasteiger charge is -2.27. The van der Waals surface area contributed by atoms with Crippen LogP contribution in [0.4, 0.5) is 0 Å². The molecule has 1 N–H and O–H groups in total. The van der Waals surface area contributed by atoms with Crippen molar-refractivity contribution in [1.29, 1.82) is 0 Å². The van der Waals surface area contributed by atoms with Crippen molar-refractivity contribution in [1.82, 2.24) is 14.9 Å². The third-order valence-corrected chi connectivity index (χ3v) is 4.65. The fourth-order valence-corrected chi connectivity index (χ4v) is 3.34. The standard InChI is InChI=1S/C18H22N4O2/c23-12-15-5-4-14(24-15)11-22-8-6-16-13(10-22)9-20-18(21-16)17-3-1-2-7-19-17/h4-5,9,23H,1-3,6-8,10-12H2. The van der Waals surface area contributed by atoms with E-state index in [1.807, 2.05) is 18.3 Å². The van der Waals surface area contributed by atoms with Crippen LogP contribution in [0, 0.1) is 0 Å². The quantitative estimate of drug-likeness (QED) is 0.931. The van der Waals surface area contributed by atoms with Gasteiger partial charge in [0.2, 0.25) is 0 Å². The molecule has 0 aromatic carbocycles. The van der Waals surface area contributed by atoms with Gasteiger partial charge in [-0.2, -0.15) is 0 Å². The van der Waals surface area contributed by atoms with Crippen LogP contribution in [-0.2, 0) is 26.1 Å². The number of aliphatic imine (C=N–C) groups is 1. The number of furan rings is 1. The second-order valence-electron chi connectivity index (χ2n) is 6.44. The van der Waals surface area contributed by atoms with Crippen molar-refractivity contribution >= 4 is 5.71 Å². The summed E-state index contributed by atoms with van der Waals surface area (Å²) in [6.45, 7) is 3.38. The Balaban J connectivity index is 1.46. The monoisotopic (exact) mass is 326 g/mol. The van der Waals surface area contributed by atoms with Crippen molar-refractivity contribution in [3.8, 4) is 0 Å². The van der Waals surface area contributed by atoms with Crippen molar-refractivity contribution in [2.45, 2.75) is 45.4 Å². The van der Waals surface area contributed by atoms with Gasteiger partial charge in [-0.15, -0.1) is 0 Å². The lowest BCUT2D eigenvalue weighted by atomic mass is 10.1. The number of rotatable bonds is 4. The van der Waals surface area contributed by atoms with Crippen molar-refractivity contribution < 1.29 is 9.52 Å². The first-order valence-corrected chi connectivity index (χ1v) is 8.61. The van der Waals surface area contributed by atoms with Crippen LogP contribution in [0.5, 0.6) is 0 Å². The van der Waals surface area contributed by atoms with E-state index in [9.17, 15) is 0 Å². The van der Waals surface area contributed by atoms with Gasteiger partial charge < -0.3 is 9.52 Å². The van der Waals surface area contributed by atoms with E-state index in [-0.39, 0.29) is 6.61 Å².